The summed E-state index contributed by atoms with van der Waals surface area (Å²) in [5.74, 6) is 2.63. The first-order chi connectivity index (χ1) is 15.8. The standard InChI is InChI=1S/C25H37N3O4S/c1-17(24(29)27-25-14-18-10-19(15-25)12-20(11-18)16-25)26-21-6-7-22(32-2)23(13-21)33(30,31)28-8-4-3-5-9-28/h6-7,13,17-20,26H,3-5,8-12,14-16H2,1-2H3,(H,27,29)/t17-,18?,19?,20?,25?/m0/s1. The van der Waals surface area contributed by atoms with Crippen LogP contribution >= 0.6 is 0 Å². The summed E-state index contributed by atoms with van der Waals surface area (Å²) in [5.41, 5.74) is 0.573. The van der Waals surface area contributed by atoms with E-state index in [1.807, 2.05) is 6.92 Å². The minimum absolute atomic E-state index is 0.00629. The molecule has 4 bridgehead atoms. The highest BCUT2D eigenvalue weighted by Gasteiger charge is 2.51. The molecule has 4 saturated carbocycles. The molecule has 0 unspecified atom stereocenters. The molecule has 1 aromatic carbocycles. The number of hydrogen-bond acceptors (Lipinski definition) is 5. The van der Waals surface area contributed by atoms with Crippen LogP contribution in [0.25, 0.3) is 0 Å². The van der Waals surface area contributed by atoms with Crippen LogP contribution in [0, 0.1) is 17.8 Å². The molecule has 1 heterocycles. The predicted molar refractivity (Wildman–Crippen MR) is 128 cm³/mol. The first-order valence-corrected chi connectivity index (χ1v) is 14.0. The van der Waals surface area contributed by atoms with Crippen molar-refractivity contribution >= 4 is 21.6 Å². The molecule has 1 atom stereocenters. The van der Waals surface area contributed by atoms with Gasteiger partial charge < -0.3 is 15.4 Å². The maximum absolute atomic E-state index is 13.3. The maximum Gasteiger partial charge on any atom is 0.246 e. The molecule has 182 valence electrons. The van der Waals surface area contributed by atoms with Gasteiger partial charge in [-0.05, 0) is 94.2 Å². The molecular formula is C25H37N3O4S. The third kappa shape index (κ3) is 4.48. The molecule has 1 amide bonds. The van der Waals surface area contributed by atoms with E-state index in [2.05, 4.69) is 10.6 Å². The van der Waals surface area contributed by atoms with Crippen LogP contribution in [0.15, 0.2) is 23.1 Å². The minimum atomic E-state index is -3.65. The summed E-state index contributed by atoms with van der Waals surface area (Å²) in [6, 6.07) is 4.60. The Labute approximate surface area is 197 Å². The molecule has 0 radical (unpaired) electrons. The highest BCUT2D eigenvalue weighted by molar-refractivity contribution is 7.89. The Kier molecular flexibility index (Phi) is 6.10. The second-order valence-corrected chi connectivity index (χ2v) is 12.8. The number of benzene rings is 1. The summed E-state index contributed by atoms with van der Waals surface area (Å²) in [5, 5.41) is 6.65. The number of hydrogen-bond donors (Lipinski definition) is 2. The van der Waals surface area contributed by atoms with Crippen molar-refractivity contribution in [3.05, 3.63) is 18.2 Å². The molecular weight excluding hydrogens is 438 g/mol. The second kappa shape index (κ2) is 8.77. The molecule has 33 heavy (non-hydrogen) atoms. The summed E-state index contributed by atoms with van der Waals surface area (Å²) in [7, 11) is -2.17. The van der Waals surface area contributed by atoms with Crippen LogP contribution in [0.1, 0.15) is 64.7 Å². The summed E-state index contributed by atoms with van der Waals surface area (Å²) in [4.78, 5) is 13.3. The number of carbonyl (C=O) groups is 1. The van der Waals surface area contributed by atoms with Gasteiger partial charge >= 0.3 is 0 Å². The number of rotatable bonds is 7. The second-order valence-electron chi connectivity index (χ2n) is 10.9. The number of ether oxygens (including phenoxy) is 1. The topological polar surface area (TPSA) is 87.7 Å². The lowest BCUT2D eigenvalue weighted by Gasteiger charge is -2.57. The van der Waals surface area contributed by atoms with Crippen LogP contribution < -0.4 is 15.4 Å². The van der Waals surface area contributed by atoms with Gasteiger partial charge in [0.1, 0.15) is 16.7 Å². The molecule has 6 rings (SSSR count). The summed E-state index contributed by atoms with van der Waals surface area (Å²) < 4.78 is 33.5. The van der Waals surface area contributed by atoms with Crippen molar-refractivity contribution in [3.63, 3.8) is 0 Å². The largest absolute Gasteiger partial charge is 0.495 e. The van der Waals surface area contributed by atoms with Crippen molar-refractivity contribution in [1.82, 2.24) is 9.62 Å². The van der Waals surface area contributed by atoms with Crippen molar-refractivity contribution < 1.29 is 17.9 Å². The van der Waals surface area contributed by atoms with Crippen molar-refractivity contribution in [2.45, 2.75) is 81.2 Å². The molecule has 1 saturated heterocycles. The van der Waals surface area contributed by atoms with Crippen molar-refractivity contribution in [3.8, 4) is 5.75 Å². The lowest BCUT2D eigenvalue weighted by atomic mass is 9.53. The number of anilines is 1. The molecule has 2 N–H and O–H groups in total. The fourth-order valence-corrected chi connectivity index (χ4v) is 8.86. The normalized spacial score (nSPS) is 32.4. The Balaban J connectivity index is 1.30. The van der Waals surface area contributed by atoms with Gasteiger partial charge in [-0.25, -0.2) is 8.42 Å². The zero-order valence-corrected chi connectivity index (χ0v) is 20.6. The van der Waals surface area contributed by atoms with E-state index in [-0.39, 0.29) is 16.3 Å². The van der Waals surface area contributed by atoms with E-state index in [0.717, 1.165) is 56.3 Å². The van der Waals surface area contributed by atoms with E-state index in [4.69, 9.17) is 4.74 Å². The molecule has 1 aliphatic heterocycles. The van der Waals surface area contributed by atoms with Gasteiger partial charge in [0.25, 0.3) is 0 Å². The molecule has 0 spiro atoms. The average Bonchev–Trinajstić information content (AvgIpc) is 2.78. The molecule has 5 fully saturated rings. The quantitative estimate of drug-likeness (QED) is 0.627. The first kappa shape index (κ1) is 23.0. The van der Waals surface area contributed by atoms with Crippen LogP contribution in [-0.2, 0) is 14.8 Å². The van der Waals surface area contributed by atoms with Gasteiger partial charge in [-0.15, -0.1) is 0 Å². The molecule has 7 nitrogen and oxygen atoms in total. The van der Waals surface area contributed by atoms with Crippen LogP contribution in [0.2, 0.25) is 0 Å². The minimum Gasteiger partial charge on any atom is -0.495 e. The van der Waals surface area contributed by atoms with Gasteiger partial charge in [-0.2, -0.15) is 4.31 Å². The fraction of sp³-hybridized carbons (Fsp3) is 0.720. The number of piperidine rings is 1. The van der Waals surface area contributed by atoms with Crippen molar-refractivity contribution in [2.75, 3.05) is 25.5 Å². The third-order valence-corrected chi connectivity index (χ3v) is 10.2. The number of amides is 1. The predicted octanol–water partition coefficient (Wildman–Crippen LogP) is 3.76. The van der Waals surface area contributed by atoms with E-state index in [1.54, 1.807) is 22.5 Å². The van der Waals surface area contributed by atoms with Crippen LogP contribution in [0.3, 0.4) is 0 Å². The van der Waals surface area contributed by atoms with E-state index in [1.165, 1.54) is 26.4 Å². The van der Waals surface area contributed by atoms with E-state index in [9.17, 15) is 13.2 Å². The van der Waals surface area contributed by atoms with Gasteiger partial charge in [-0.1, -0.05) is 6.42 Å². The molecule has 8 heteroatoms. The first-order valence-electron chi connectivity index (χ1n) is 12.5. The smallest absolute Gasteiger partial charge is 0.246 e. The third-order valence-electron chi connectivity index (χ3n) is 8.30. The van der Waals surface area contributed by atoms with Crippen LogP contribution in [-0.4, -0.2) is 50.4 Å². The lowest BCUT2D eigenvalue weighted by molar-refractivity contribution is -0.127. The maximum atomic E-state index is 13.3. The van der Waals surface area contributed by atoms with Crippen molar-refractivity contribution in [2.24, 2.45) is 17.8 Å². The SMILES string of the molecule is COc1ccc(N[C@@H](C)C(=O)NC23CC4CC(CC(C4)C2)C3)cc1S(=O)(=O)N1CCCCC1. The van der Waals surface area contributed by atoms with Crippen LogP contribution in [0.4, 0.5) is 5.69 Å². The highest BCUT2D eigenvalue weighted by atomic mass is 32.2. The lowest BCUT2D eigenvalue weighted by Crippen LogP contribution is -2.61. The number of sulfonamides is 1. The Bertz CT molecular complexity index is 968. The Morgan fingerprint density at radius 3 is 2.24 bits per heavy atom. The van der Waals surface area contributed by atoms with E-state index in [0.29, 0.717) is 24.5 Å². The van der Waals surface area contributed by atoms with Gasteiger partial charge in [0.05, 0.1) is 7.11 Å². The van der Waals surface area contributed by atoms with E-state index < -0.39 is 16.1 Å². The highest BCUT2D eigenvalue weighted by Crippen LogP contribution is 2.55. The summed E-state index contributed by atoms with van der Waals surface area (Å²) >= 11 is 0. The van der Waals surface area contributed by atoms with Gasteiger partial charge in [-0.3, -0.25) is 4.79 Å². The number of nitrogens with one attached hydrogen (secondary N) is 2. The molecule has 5 aliphatic rings. The average molecular weight is 476 g/mol. The monoisotopic (exact) mass is 475 g/mol. The summed E-state index contributed by atoms with van der Waals surface area (Å²) in [6.07, 6.45) is 10.1. The number of methoxy groups -OCH3 is 1. The number of carbonyl (C=O) groups excluding carboxylic acids is 1. The van der Waals surface area contributed by atoms with E-state index >= 15 is 0 Å². The zero-order chi connectivity index (χ0) is 23.2. The summed E-state index contributed by atoms with van der Waals surface area (Å²) in [6.45, 7) is 2.92. The van der Waals surface area contributed by atoms with Gasteiger partial charge in [0, 0.05) is 24.3 Å². The van der Waals surface area contributed by atoms with Crippen LogP contribution in [0.5, 0.6) is 5.75 Å². The van der Waals surface area contributed by atoms with Gasteiger partial charge in [0.2, 0.25) is 15.9 Å². The Morgan fingerprint density at radius 2 is 1.67 bits per heavy atom. The molecule has 0 aromatic heterocycles. The fourth-order valence-electron chi connectivity index (χ4n) is 7.16. The Morgan fingerprint density at radius 1 is 1.06 bits per heavy atom. The Hall–Kier alpha value is -1.80. The zero-order valence-electron chi connectivity index (χ0n) is 19.8. The van der Waals surface area contributed by atoms with Gasteiger partial charge in [0.15, 0.2) is 0 Å². The molecule has 4 aliphatic carbocycles. The number of nitrogens with zero attached hydrogens (tertiary/aromatic N) is 1. The van der Waals surface area contributed by atoms with Crippen molar-refractivity contribution in [1.29, 1.82) is 0 Å². The molecule has 1 aromatic rings.